The van der Waals surface area contributed by atoms with Crippen LogP contribution in [0.15, 0.2) is 101 Å². The van der Waals surface area contributed by atoms with E-state index in [4.69, 9.17) is 34.4 Å². The van der Waals surface area contributed by atoms with Gasteiger partial charge in [0, 0.05) is 90.1 Å². The number of hydrogen-bond acceptors (Lipinski definition) is 12. The first-order valence-corrected chi connectivity index (χ1v) is 29.5. The highest BCUT2D eigenvalue weighted by molar-refractivity contribution is 5.99. The van der Waals surface area contributed by atoms with Crippen LogP contribution in [-0.2, 0) is 62.4 Å². The van der Waals surface area contributed by atoms with Gasteiger partial charge in [0.05, 0.1) is 6.04 Å². The zero-order valence-electron chi connectivity index (χ0n) is 50.4. The number of aromatic nitrogens is 3. The van der Waals surface area contributed by atoms with Crippen LogP contribution in [0.1, 0.15) is 89.3 Å². The van der Waals surface area contributed by atoms with Crippen LogP contribution in [0, 0.1) is 11.8 Å². The number of nitrogens with zero attached hydrogens (tertiary/aromatic N) is 2. The minimum atomic E-state index is -1.42. The standard InChI is InChI=1S/C61H84N18O10/c1-32(2)25-46(55(84)76-47(26-34-29-70-41-17-8-5-13-37(34)41)57(86)78-49(59(88)89)28-36-31-72-43-19-10-7-15-39(36)43)75-56(85)48(27-35-30-71-42-18-9-6-14-38(35)42)77-58(87)51(33(3)4)79-54(83)44(20-12-24-69-61(66)67)74-53(82)45(21-22-50(63)80)73-52(81)40(62)16-11-23-68-60(64)65/h5-10,13-15,17-19,29-33,40,44-49,51,70-72H,11-12,16,20-28,62H2,1-4H3,(H2,63,80)(H,73,81)(H,74,82)(H,75,85)(H,76,84)(H,77,87)(H,78,86)(H,79,83)(H,88,89)(H4,64,65,68)(H4,66,67,69)/t40-,44-,45+,46+,47-,48-,49+,51+/m1/s1. The number of nitrogens with one attached hydrogen (secondary N) is 10. The minimum Gasteiger partial charge on any atom is -0.480 e. The summed E-state index contributed by atoms with van der Waals surface area (Å²) in [6, 6.07) is 11.1. The average molecular weight is 1230 g/mol. The SMILES string of the molecule is CC(C)C[C@H](NC(=O)[C@@H](Cc1c[nH]c2ccccc12)NC(=O)[C@@H](NC(=O)[C@@H](CCCN=C(N)N)NC(=O)[C@H](CCC(N)=O)NC(=O)[C@H](N)CCCN=C(N)N)C(C)C)C(=O)N[C@H](Cc1c[nH]c2ccccc12)C(=O)N[C@@H](Cc1c[nH]c2ccccc12)C(=O)O. The molecule has 28 nitrogen and oxygen atoms in total. The third-order valence-electron chi connectivity index (χ3n) is 15.0. The number of aliphatic imine (C=N–C) groups is 2. The van der Waals surface area contributed by atoms with E-state index >= 15 is 4.79 Å². The number of nitrogens with two attached hydrogens (primary N) is 6. The summed E-state index contributed by atoms with van der Waals surface area (Å²) in [6.45, 7) is 7.17. The van der Waals surface area contributed by atoms with Gasteiger partial charge in [0.2, 0.25) is 47.3 Å². The highest BCUT2D eigenvalue weighted by Gasteiger charge is 2.36. The van der Waals surface area contributed by atoms with Crippen LogP contribution >= 0.6 is 0 Å². The lowest BCUT2D eigenvalue weighted by Crippen LogP contribution is -2.61. The monoisotopic (exact) mass is 1230 g/mol. The molecule has 0 fully saturated rings. The van der Waals surface area contributed by atoms with E-state index in [1.807, 2.05) is 80.6 Å². The molecule has 6 aromatic rings. The third kappa shape index (κ3) is 20.3. The summed E-state index contributed by atoms with van der Waals surface area (Å²) >= 11 is 0. The number of fused-ring (bicyclic) bond motifs is 3. The summed E-state index contributed by atoms with van der Waals surface area (Å²) in [5, 5.41) is 31.8. The van der Waals surface area contributed by atoms with Crippen LogP contribution in [-0.4, -0.2) is 147 Å². The quantitative estimate of drug-likeness (QED) is 0.0142. The largest absolute Gasteiger partial charge is 0.480 e. The number of primary amides is 1. The smallest absolute Gasteiger partial charge is 0.326 e. The van der Waals surface area contributed by atoms with E-state index < -0.39 is 107 Å². The second-order valence-electron chi connectivity index (χ2n) is 22.8. The van der Waals surface area contributed by atoms with E-state index in [9.17, 15) is 43.5 Å². The van der Waals surface area contributed by atoms with Crippen molar-refractivity contribution in [3.8, 4) is 0 Å². The lowest BCUT2D eigenvalue weighted by Gasteiger charge is -2.29. The number of hydrogen-bond donors (Lipinski definition) is 17. The summed E-state index contributed by atoms with van der Waals surface area (Å²) < 4.78 is 0. The Kier molecular flexibility index (Phi) is 25.0. The van der Waals surface area contributed by atoms with Gasteiger partial charge in [-0.05, 0) is 85.3 Å². The van der Waals surface area contributed by atoms with Gasteiger partial charge >= 0.3 is 5.97 Å². The van der Waals surface area contributed by atoms with E-state index in [0.29, 0.717) is 23.1 Å². The molecule has 0 unspecified atom stereocenters. The molecule has 8 atom stereocenters. The number of carboxylic acid groups (broad SMARTS) is 1. The van der Waals surface area contributed by atoms with E-state index in [1.54, 1.807) is 38.5 Å². The molecule has 0 spiro atoms. The number of benzene rings is 3. The maximum absolute atomic E-state index is 15.0. The van der Waals surface area contributed by atoms with Crippen molar-refractivity contribution >= 4 is 97.9 Å². The first-order valence-electron chi connectivity index (χ1n) is 29.5. The zero-order chi connectivity index (χ0) is 64.9. The van der Waals surface area contributed by atoms with Gasteiger partial charge in [-0.15, -0.1) is 0 Å². The Morgan fingerprint density at radius 1 is 0.461 bits per heavy atom. The number of carbonyl (C=O) groups is 9. The van der Waals surface area contributed by atoms with E-state index in [0.717, 1.165) is 32.7 Å². The Bertz CT molecular complexity index is 3510. The Balaban J connectivity index is 1.26. The number of carboxylic acids is 1. The first kappa shape index (κ1) is 68.1. The molecule has 0 aliphatic carbocycles. The highest BCUT2D eigenvalue weighted by Crippen LogP contribution is 2.23. The Hall–Kier alpha value is -9.99. The van der Waals surface area contributed by atoms with Gasteiger partial charge in [0.15, 0.2) is 11.9 Å². The number of para-hydroxylation sites is 3. The highest BCUT2D eigenvalue weighted by atomic mass is 16.4. The molecular formula is C61H84N18O10. The molecule has 0 bridgehead atoms. The second-order valence-corrected chi connectivity index (χ2v) is 22.8. The summed E-state index contributed by atoms with van der Waals surface area (Å²) in [6.07, 6.45) is 4.69. The summed E-state index contributed by atoms with van der Waals surface area (Å²) in [5.74, 6) is -9.00. The number of amides is 8. The lowest BCUT2D eigenvalue weighted by molar-refractivity contribution is -0.142. The second kappa shape index (κ2) is 32.7. The molecule has 0 radical (unpaired) electrons. The molecule has 3 heterocycles. The van der Waals surface area contributed by atoms with Crippen LogP contribution in [0.2, 0.25) is 0 Å². The Morgan fingerprint density at radius 3 is 1.28 bits per heavy atom. The normalized spacial score (nSPS) is 14.1. The molecule has 0 aliphatic heterocycles. The van der Waals surface area contributed by atoms with Gasteiger partial charge in [-0.25, -0.2) is 4.79 Å². The predicted octanol–water partition coefficient (Wildman–Crippen LogP) is 0.0387. The number of aromatic amines is 3. The van der Waals surface area contributed by atoms with Crippen molar-refractivity contribution in [1.29, 1.82) is 0 Å². The van der Waals surface area contributed by atoms with Crippen LogP contribution in [0.25, 0.3) is 32.7 Å². The predicted molar refractivity (Wildman–Crippen MR) is 338 cm³/mol. The zero-order valence-corrected chi connectivity index (χ0v) is 50.4. The van der Waals surface area contributed by atoms with Crippen LogP contribution in [0.4, 0.5) is 0 Å². The third-order valence-corrected chi connectivity index (χ3v) is 15.0. The fraction of sp³-hybridized carbons (Fsp3) is 0.426. The summed E-state index contributed by atoms with van der Waals surface area (Å²) in [7, 11) is 0. The van der Waals surface area contributed by atoms with E-state index in [1.165, 1.54) is 0 Å². The lowest BCUT2D eigenvalue weighted by atomic mass is 9.98. The van der Waals surface area contributed by atoms with Crippen molar-refractivity contribution in [3.05, 3.63) is 108 Å². The Morgan fingerprint density at radius 2 is 0.831 bits per heavy atom. The maximum Gasteiger partial charge on any atom is 0.326 e. The molecule has 23 N–H and O–H groups in total. The van der Waals surface area contributed by atoms with Gasteiger partial charge in [-0.3, -0.25) is 48.3 Å². The number of H-pyrrole nitrogens is 3. The van der Waals surface area contributed by atoms with Gasteiger partial charge in [0.1, 0.15) is 42.3 Å². The van der Waals surface area contributed by atoms with Crippen LogP contribution < -0.4 is 71.6 Å². The molecule has 6 rings (SSSR count). The van der Waals surface area contributed by atoms with Crippen molar-refractivity contribution < 1.29 is 48.3 Å². The molecule has 3 aromatic heterocycles. The molecular weight excluding hydrogens is 1140 g/mol. The Labute approximate surface area is 514 Å². The van der Waals surface area contributed by atoms with Crippen molar-refractivity contribution in [2.24, 2.45) is 56.2 Å². The van der Waals surface area contributed by atoms with Crippen LogP contribution in [0.5, 0.6) is 0 Å². The van der Waals surface area contributed by atoms with Gasteiger partial charge in [-0.2, -0.15) is 0 Å². The van der Waals surface area contributed by atoms with Crippen molar-refractivity contribution in [1.82, 2.24) is 52.2 Å². The molecule has 0 saturated heterocycles. The van der Waals surface area contributed by atoms with Crippen molar-refractivity contribution in [3.63, 3.8) is 0 Å². The maximum atomic E-state index is 15.0. The fourth-order valence-electron chi connectivity index (χ4n) is 10.3. The van der Waals surface area contributed by atoms with Crippen molar-refractivity contribution in [2.45, 2.75) is 140 Å². The first-order chi connectivity index (χ1) is 42.4. The summed E-state index contributed by atoms with van der Waals surface area (Å²) in [5.41, 5.74) is 37.6. The molecule has 8 amide bonds. The van der Waals surface area contributed by atoms with Gasteiger partial charge < -0.3 is 91.7 Å². The number of aliphatic carboxylic acids is 1. The van der Waals surface area contributed by atoms with E-state index in [-0.39, 0.29) is 88.7 Å². The number of guanidine groups is 2. The molecule has 0 saturated carbocycles. The average Bonchev–Trinajstić information content (AvgIpc) is 1.92. The molecule has 0 aliphatic rings. The number of carbonyl (C=O) groups excluding carboxylic acids is 8. The van der Waals surface area contributed by atoms with Crippen molar-refractivity contribution in [2.75, 3.05) is 13.1 Å². The van der Waals surface area contributed by atoms with Gasteiger partial charge in [-0.1, -0.05) is 82.3 Å². The minimum absolute atomic E-state index is 0.0305. The fourth-order valence-corrected chi connectivity index (χ4v) is 10.3. The number of rotatable bonds is 35. The van der Waals surface area contributed by atoms with Crippen LogP contribution in [0.3, 0.4) is 0 Å². The topological polar surface area (TPSA) is 486 Å². The molecule has 3 aromatic carbocycles. The van der Waals surface area contributed by atoms with Gasteiger partial charge in [0.25, 0.3) is 0 Å². The molecule has 478 valence electrons. The molecule has 28 heteroatoms. The summed E-state index contributed by atoms with van der Waals surface area (Å²) in [4.78, 5) is 143. The molecule has 89 heavy (non-hydrogen) atoms. The van der Waals surface area contributed by atoms with E-state index in [2.05, 4.69) is 62.2 Å².